The highest BCUT2D eigenvalue weighted by Crippen LogP contribution is 2.55. The van der Waals surface area contributed by atoms with Crippen molar-refractivity contribution in [3.8, 4) is 0 Å². The number of fused-ring (bicyclic) bond motifs is 1. The molecule has 2 heterocycles. The Hall–Kier alpha value is -2.82. The van der Waals surface area contributed by atoms with Gasteiger partial charge < -0.3 is 13.6 Å². The van der Waals surface area contributed by atoms with Crippen molar-refractivity contribution in [3.05, 3.63) is 69.0 Å². The predicted molar refractivity (Wildman–Crippen MR) is 115 cm³/mol. The van der Waals surface area contributed by atoms with Gasteiger partial charge in [0.15, 0.2) is 5.43 Å². The summed E-state index contributed by atoms with van der Waals surface area (Å²) in [5.41, 5.74) is 0.916. The van der Waals surface area contributed by atoms with Gasteiger partial charge in [-0.25, -0.2) is 4.79 Å². The Balaban J connectivity index is 1.74. The van der Waals surface area contributed by atoms with Gasteiger partial charge in [0.05, 0.1) is 10.9 Å². The van der Waals surface area contributed by atoms with Crippen LogP contribution < -0.4 is 5.43 Å². The SMILES string of the molecule is CCCc1c(C2CC2c2ccc(C)o2)oc2ccc(C(=O)OC(C)(C)C)cc2c1=O. The van der Waals surface area contributed by atoms with E-state index >= 15 is 0 Å². The van der Waals surface area contributed by atoms with Crippen molar-refractivity contribution in [2.75, 3.05) is 0 Å². The van der Waals surface area contributed by atoms with Crippen molar-refractivity contribution in [3.63, 3.8) is 0 Å². The molecule has 1 aliphatic rings. The van der Waals surface area contributed by atoms with Crippen LogP contribution >= 0.6 is 0 Å². The van der Waals surface area contributed by atoms with Gasteiger partial charge in [0.25, 0.3) is 0 Å². The lowest BCUT2D eigenvalue weighted by Crippen LogP contribution is -2.24. The maximum absolute atomic E-state index is 13.3. The third kappa shape index (κ3) is 3.93. The summed E-state index contributed by atoms with van der Waals surface area (Å²) in [6, 6.07) is 8.92. The predicted octanol–water partition coefficient (Wildman–Crippen LogP) is 5.87. The van der Waals surface area contributed by atoms with Gasteiger partial charge in [0.1, 0.15) is 28.5 Å². The number of ether oxygens (including phenoxy) is 1. The second kappa shape index (κ2) is 7.46. The Kier molecular flexibility index (Phi) is 5.08. The first-order valence-corrected chi connectivity index (χ1v) is 10.6. The second-order valence-corrected chi connectivity index (χ2v) is 9.13. The van der Waals surface area contributed by atoms with E-state index in [2.05, 4.69) is 0 Å². The second-order valence-electron chi connectivity index (χ2n) is 9.13. The van der Waals surface area contributed by atoms with Gasteiger partial charge in [-0.1, -0.05) is 13.3 Å². The summed E-state index contributed by atoms with van der Waals surface area (Å²) in [5, 5.41) is 0.427. The summed E-state index contributed by atoms with van der Waals surface area (Å²) in [4.78, 5) is 25.8. The Morgan fingerprint density at radius 2 is 1.90 bits per heavy atom. The molecule has 2 unspecified atom stereocenters. The molecule has 0 saturated heterocycles. The quantitative estimate of drug-likeness (QED) is 0.494. The highest BCUT2D eigenvalue weighted by molar-refractivity contribution is 5.94. The van der Waals surface area contributed by atoms with E-state index in [1.165, 1.54) is 0 Å². The van der Waals surface area contributed by atoms with Gasteiger partial charge >= 0.3 is 5.97 Å². The molecule has 0 aliphatic heterocycles. The first kappa shape index (κ1) is 20.5. The van der Waals surface area contributed by atoms with E-state index in [4.69, 9.17) is 13.6 Å². The van der Waals surface area contributed by atoms with Crippen molar-refractivity contribution in [2.45, 2.75) is 71.3 Å². The third-order valence-corrected chi connectivity index (χ3v) is 5.40. The molecule has 0 spiro atoms. The number of aryl methyl sites for hydroxylation is 1. The van der Waals surface area contributed by atoms with Gasteiger partial charge in [0.2, 0.25) is 0 Å². The highest BCUT2D eigenvalue weighted by Gasteiger charge is 2.45. The minimum atomic E-state index is -0.598. The van der Waals surface area contributed by atoms with Gasteiger partial charge in [-0.2, -0.15) is 0 Å². The van der Waals surface area contributed by atoms with Crippen LogP contribution in [-0.2, 0) is 11.2 Å². The maximum atomic E-state index is 13.3. The number of hydrogen-bond donors (Lipinski definition) is 0. The van der Waals surface area contributed by atoms with Crippen LogP contribution in [0, 0.1) is 6.92 Å². The zero-order valence-electron chi connectivity index (χ0n) is 18.2. The normalized spacial score (nSPS) is 18.6. The van der Waals surface area contributed by atoms with Crippen LogP contribution in [0.15, 0.2) is 44.0 Å². The molecule has 1 fully saturated rings. The lowest BCUT2D eigenvalue weighted by atomic mass is 10.0. The summed E-state index contributed by atoms with van der Waals surface area (Å²) in [5.74, 6) is 2.55. The van der Waals surface area contributed by atoms with Crippen LogP contribution in [0.5, 0.6) is 0 Å². The molecule has 2 atom stereocenters. The highest BCUT2D eigenvalue weighted by atomic mass is 16.6. The van der Waals surface area contributed by atoms with Crippen LogP contribution in [-0.4, -0.2) is 11.6 Å². The summed E-state index contributed by atoms with van der Waals surface area (Å²) in [6.07, 6.45) is 2.39. The standard InChI is InChI=1S/C25H28O5/c1-6-7-16-22(26)19-12-15(24(27)30-25(3,4)5)9-11-21(19)29-23(16)18-13-17(18)20-10-8-14(2)28-20/h8-12,17-18H,6-7,13H2,1-5H3. The lowest BCUT2D eigenvalue weighted by Gasteiger charge is -2.19. The molecule has 0 bridgehead atoms. The molecule has 0 radical (unpaired) electrons. The lowest BCUT2D eigenvalue weighted by molar-refractivity contribution is 0.00697. The molecule has 158 valence electrons. The van der Waals surface area contributed by atoms with E-state index in [0.717, 1.165) is 30.1 Å². The van der Waals surface area contributed by atoms with Gasteiger partial charge in [0, 0.05) is 17.4 Å². The molecule has 1 aromatic carbocycles. The van der Waals surface area contributed by atoms with Gasteiger partial charge in [-0.05, 0) is 70.9 Å². The summed E-state index contributed by atoms with van der Waals surface area (Å²) in [6.45, 7) is 9.43. The fraction of sp³-hybridized carbons (Fsp3) is 0.440. The fourth-order valence-corrected chi connectivity index (χ4v) is 3.95. The molecule has 5 nitrogen and oxygen atoms in total. The van der Waals surface area contributed by atoms with Gasteiger partial charge in [-0.3, -0.25) is 4.79 Å². The number of hydrogen-bond acceptors (Lipinski definition) is 5. The Bertz CT molecular complexity index is 1160. The van der Waals surface area contributed by atoms with Crippen molar-refractivity contribution in [2.24, 2.45) is 0 Å². The average molecular weight is 408 g/mol. The number of furan rings is 1. The minimum Gasteiger partial charge on any atom is -0.466 e. The van der Waals surface area contributed by atoms with E-state index in [-0.39, 0.29) is 17.3 Å². The van der Waals surface area contributed by atoms with Crippen LogP contribution in [0.25, 0.3) is 11.0 Å². The minimum absolute atomic E-state index is 0.0558. The van der Waals surface area contributed by atoms with Crippen molar-refractivity contribution in [1.82, 2.24) is 0 Å². The van der Waals surface area contributed by atoms with Crippen molar-refractivity contribution in [1.29, 1.82) is 0 Å². The molecule has 1 aliphatic carbocycles. The maximum Gasteiger partial charge on any atom is 0.338 e. The Morgan fingerprint density at radius 1 is 1.13 bits per heavy atom. The van der Waals surface area contributed by atoms with Crippen LogP contribution in [0.4, 0.5) is 0 Å². The molecule has 0 N–H and O–H groups in total. The molecule has 5 heteroatoms. The fourth-order valence-electron chi connectivity index (χ4n) is 3.95. The van der Waals surface area contributed by atoms with E-state index in [9.17, 15) is 9.59 Å². The van der Waals surface area contributed by atoms with Crippen molar-refractivity contribution < 1.29 is 18.4 Å². The van der Waals surface area contributed by atoms with Crippen LogP contribution in [0.1, 0.15) is 85.6 Å². The van der Waals surface area contributed by atoms with E-state index in [1.54, 1.807) is 18.2 Å². The summed E-state index contributed by atoms with van der Waals surface area (Å²) >= 11 is 0. The zero-order chi connectivity index (χ0) is 21.6. The molecular formula is C25H28O5. The van der Waals surface area contributed by atoms with E-state index in [1.807, 2.05) is 46.8 Å². The van der Waals surface area contributed by atoms with Crippen molar-refractivity contribution >= 4 is 16.9 Å². The summed E-state index contributed by atoms with van der Waals surface area (Å²) in [7, 11) is 0. The smallest absolute Gasteiger partial charge is 0.338 e. The zero-order valence-corrected chi connectivity index (χ0v) is 18.2. The topological polar surface area (TPSA) is 69.7 Å². The molecule has 1 saturated carbocycles. The van der Waals surface area contributed by atoms with E-state index in [0.29, 0.717) is 28.5 Å². The van der Waals surface area contributed by atoms with Crippen LogP contribution in [0.3, 0.4) is 0 Å². The molecule has 30 heavy (non-hydrogen) atoms. The molecule has 4 rings (SSSR count). The molecule has 0 amide bonds. The molecule has 3 aromatic rings. The number of carbonyl (C=O) groups is 1. The summed E-state index contributed by atoms with van der Waals surface area (Å²) < 4.78 is 17.5. The molecular weight excluding hydrogens is 380 g/mol. The Labute approximate surface area is 176 Å². The average Bonchev–Trinajstić information content (AvgIpc) is 3.35. The number of esters is 1. The first-order valence-electron chi connectivity index (χ1n) is 10.6. The van der Waals surface area contributed by atoms with Gasteiger partial charge in [-0.15, -0.1) is 0 Å². The number of benzene rings is 1. The third-order valence-electron chi connectivity index (χ3n) is 5.40. The molecule has 2 aromatic heterocycles. The number of carbonyl (C=O) groups excluding carboxylic acids is 1. The number of rotatable bonds is 5. The Morgan fingerprint density at radius 3 is 2.53 bits per heavy atom. The monoisotopic (exact) mass is 408 g/mol. The van der Waals surface area contributed by atoms with E-state index < -0.39 is 11.6 Å². The van der Waals surface area contributed by atoms with Crippen LogP contribution in [0.2, 0.25) is 0 Å². The largest absolute Gasteiger partial charge is 0.466 e. The first-order chi connectivity index (χ1) is 14.2.